The summed E-state index contributed by atoms with van der Waals surface area (Å²) in [7, 11) is 0. The Labute approximate surface area is 178 Å². The Bertz CT molecular complexity index is 1060. The van der Waals surface area contributed by atoms with E-state index in [0.29, 0.717) is 34.6 Å². The second-order valence-corrected chi connectivity index (χ2v) is 8.54. The maximum atomic E-state index is 12.9. The van der Waals surface area contributed by atoms with Crippen LogP contribution in [0.5, 0.6) is 0 Å². The molecule has 0 radical (unpaired) electrons. The first kappa shape index (κ1) is 18.9. The van der Waals surface area contributed by atoms with Crippen LogP contribution in [0.15, 0.2) is 54.6 Å². The van der Waals surface area contributed by atoms with Crippen LogP contribution in [0.4, 0.5) is 5.69 Å². The standard InChI is InChI=1S/C22H21N5O2S/c28-21(18-12-30-13-27(18)22(29)16-4-2-1-3-5-16)23-17-10-8-15(9-11-17)20-24-19(25-26-20)14-6-7-14/h1-5,8-11,14,18H,6-7,12-13H2,(H,23,28)(H,24,25,26). The van der Waals surface area contributed by atoms with Crippen molar-refractivity contribution < 1.29 is 9.59 Å². The first-order valence-corrected chi connectivity index (χ1v) is 11.1. The van der Waals surface area contributed by atoms with Crippen LogP contribution in [-0.2, 0) is 4.79 Å². The molecule has 2 aromatic carbocycles. The zero-order chi connectivity index (χ0) is 20.5. The third-order valence-corrected chi connectivity index (χ3v) is 6.36. The number of benzene rings is 2. The number of rotatable bonds is 5. The van der Waals surface area contributed by atoms with Crippen LogP contribution in [0.25, 0.3) is 11.4 Å². The van der Waals surface area contributed by atoms with Gasteiger partial charge in [0.05, 0.1) is 5.88 Å². The fourth-order valence-corrected chi connectivity index (χ4v) is 4.63. The lowest BCUT2D eigenvalue weighted by Crippen LogP contribution is -2.44. The molecule has 152 valence electrons. The summed E-state index contributed by atoms with van der Waals surface area (Å²) in [5, 5.41) is 10.2. The largest absolute Gasteiger partial charge is 0.324 e. The van der Waals surface area contributed by atoms with E-state index in [0.717, 1.165) is 11.4 Å². The number of carbonyl (C=O) groups excluding carboxylic acids is 2. The van der Waals surface area contributed by atoms with Crippen molar-refractivity contribution in [2.45, 2.75) is 24.8 Å². The molecule has 2 amide bonds. The van der Waals surface area contributed by atoms with Gasteiger partial charge in [-0.1, -0.05) is 18.2 Å². The predicted octanol–water partition coefficient (Wildman–Crippen LogP) is 3.50. The average molecular weight is 420 g/mol. The van der Waals surface area contributed by atoms with E-state index in [1.165, 1.54) is 12.8 Å². The third kappa shape index (κ3) is 3.82. The second kappa shape index (κ2) is 7.95. The normalized spacial score (nSPS) is 18.4. The van der Waals surface area contributed by atoms with Gasteiger partial charge in [0, 0.05) is 28.5 Å². The monoisotopic (exact) mass is 419 g/mol. The Hall–Kier alpha value is -3.13. The van der Waals surface area contributed by atoms with Gasteiger partial charge in [-0.3, -0.25) is 14.7 Å². The highest BCUT2D eigenvalue weighted by molar-refractivity contribution is 7.99. The maximum Gasteiger partial charge on any atom is 0.255 e. The number of hydrogen-bond donors (Lipinski definition) is 2. The summed E-state index contributed by atoms with van der Waals surface area (Å²) in [6.45, 7) is 0. The topological polar surface area (TPSA) is 91.0 Å². The van der Waals surface area contributed by atoms with Crippen LogP contribution < -0.4 is 5.32 Å². The van der Waals surface area contributed by atoms with Crippen molar-refractivity contribution in [2.24, 2.45) is 0 Å². The van der Waals surface area contributed by atoms with Gasteiger partial charge in [0.15, 0.2) is 5.82 Å². The van der Waals surface area contributed by atoms with Crippen LogP contribution in [0, 0.1) is 0 Å². The summed E-state index contributed by atoms with van der Waals surface area (Å²) in [6.07, 6.45) is 2.34. The molecule has 1 saturated heterocycles. The highest BCUT2D eigenvalue weighted by Gasteiger charge is 2.35. The number of hydrogen-bond acceptors (Lipinski definition) is 5. The molecule has 30 heavy (non-hydrogen) atoms. The van der Waals surface area contributed by atoms with Gasteiger partial charge in [0.1, 0.15) is 11.9 Å². The number of carbonyl (C=O) groups is 2. The van der Waals surface area contributed by atoms with Crippen molar-refractivity contribution >= 4 is 29.3 Å². The number of aromatic nitrogens is 3. The summed E-state index contributed by atoms with van der Waals surface area (Å²) < 4.78 is 0. The summed E-state index contributed by atoms with van der Waals surface area (Å²) in [6, 6.07) is 16.1. The molecule has 1 atom stereocenters. The number of nitrogens with zero attached hydrogens (tertiary/aromatic N) is 3. The Morgan fingerprint density at radius 3 is 2.57 bits per heavy atom. The number of thioether (sulfide) groups is 1. The second-order valence-electron chi connectivity index (χ2n) is 7.54. The molecule has 2 N–H and O–H groups in total. The van der Waals surface area contributed by atoms with Crippen molar-refractivity contribution in [3.63, 3.8) is 0 Å². The molecule has 1 unspecified atom stereocenters. The van der Waals surface area contributed by atoms with Crippen LogP contribution in [0.3, 0.4) is 0 Å². The first-order chi connectivity index (χ1) is 14.7. The van der Waals surface area contributed by atoms with Crippen molar-refractivity contribution in [1.82, 2.24) is 20.1 Å². The van der Waals surface area contributed by atoms with Gasteiger partial charge in [0.2, 0.25) is 5.91 Å². The molecule has 3 aromatic rings. The molecule has 2 fully saturated rings. The van der Waals surface area contributed by atoms with E-state index < -0.39 is 6.04 Å². The van der Waals surface area contributed by atoms with Gasteiger partial charge in [-0.15, -0.1) is 11.8 Å². The number of amides is 2. The lowest BCUT2D eigenvalue weighted by atomic mass is 10.1. The molecule has 8 heteroatoms. The van der Waals surface area contributed by atoms with E-state index in [1.807, 2.05) is 42.5 Å². The fraction of sp³-hybridized carbons (Fsp3) is 0.273. The first-order valence-electron chi connectivity index (χ1n) is 9.96. The summed E-state index contributed by atoms with van der Waals surface area (Å²) in [5.41, 5.74) is 2.18. The lowest BCUT2D eigenvalue weighted by Gasteiger charge is -2.23. The summed E-state index contributed by atoms with van der Waals surface area (Å²) in [4.78, 5) is 31.8. The molecule has 1 aliphatic heterocycles. The van der Waals surface area contributed by atoms with E-state index in [2.05, 4.69) is 20.5 Å². The molecule has 0 bridgehead atoms. The van der Waals surface area contributed by atoms with E-state index in [9.17, 15) is 9.59 Å². The van der Waals surface area contributed by atoms with E-state index in [1.54, 1.807) is 28.8 Å². The molecule has 7 nitrogen and oxygen atoms in total. The van der Waals surface area contributed by atoms with Crippen molar-refractivity contribution in [1.29, 1.82) is 0 Å². The Morgan fingerprint density at radius 2 is 1.83 bits per heavy atom. The van der Waals surface area contributed by atoms with Gasteiger partial charge >= 0.3 is 0 Å². The van der Waals surface area contributed by atoms with Gasteiger partial charge < -0.3 is 10.2 Å². The smallest absolute Gasteiger partial charge is 0.255 e. The van der Waals surface area contributed by atoms with E-state index in [-0.39, 0.29) is 11.8 Å². The molecule has 1 aliphatic carbocycles. The quantitative estimate of drug-likeness (QED) is 0.660. The number of aromatic amines is 1. The Morgan fingerprint density at radius 1 is 1.07 bits per heavy atom. The van der Waals surface area contributed by atoms with Crippen LogP contribution in [0.1, 0.15) is 34.9 Å². The maximum absolute atomic E-state index is 12.9. The summed E-state index contributed by atoms with van der Waals surface area (Å²) in [5.74, 6) is 2.95. The predicted molar refractivity (Wildman–Crippen MR) is 116 cm³/mol. The van der Waals surface area contributed by atoms with Crippen molar-refractivity contribution in [2.75, 3.05) is 16.9 Å². The molecule has 5 rings (SSSR count). The number of H-pyrrole nitrogens is 1. The minimum absolute atomic E-state index is 0.118. The highest BCUT2D eigenvalue weighted by atomic mass is 32.2. The molecular weight excluding hydrogens is 398 g/mol. The van der Waals surface area contributed by atoms with Gasteiger partial charge in [-0.25, -0.2) is 4.98 Å². The van der Waals surface area contributed by atoms with Crippen LogP contribution >= 0.6 is 11.8 Å². The van der Waals surface area contributed by atoms with Gasteiger partial charge in [-0.05, 0) is 49.2 Å². The highest BCUT2D eigenvalue weighted by Crippen LogP contribution is 2.38. The zero-order valence-electron chi connectivity index (χ0n) is 16.2. The van der Waals surface area contributed by atoms with Gasteiger partial charge in [-0.2, -0.15) is 5.10 Å². The number of nitrogens with one attached hydrogen (secondary N) is 2. The molecule has 1 aromatic heterocycles. The van der Waals surface area contributed by atoms with Crippen molar-refractivity contribution in [3.05, 3.63) is 66.0 Å². The average Bonchev–Trinajstić information content (AvgIpc) is 3.31. The molecule has 2 aliphatic rings. The minimum Gasteiger partial charge on any atom is -0.324 e. The number of anilines is 1. The lowest BCUT2D eigenvalue weighted by molar-refractivity contribution is -0.119. The Kier molecular flexibility index (Phi) is 5.00. The Balaban J connectivity index is 1.25. The van der Waals surface area contributed by atoms with E-state index >= 15 is 0 Å². The molecule has 1 saturated carbocycles. The molecular formula is C22H21N5O2S. The minimum atomic E-state index is -0.489. The summed E-state index contributed by atoms with van der Waals surface area (Å²) >= 11 is 1.59. The fourth-order valence-electron chi connectivity index (χ4n) is 3.48. The van der Waals surface area contributed by atoms with Crippen molar-refractivity contribution in [3.8, 4) is 11.4 Å². The SMILES string of the molecule is O=C(Nc1ccc(-c2n[nH]c(C3CC3)n2)cc1)C1CSCN1C(=O)c1ccccc1. The molecule has 2 heterocycles. The van der Waals surface area contributed by atoms with Crippen LogP contribution in [0.2, 0.25) is 0 Å². The van der Waals surface area contributed by atoms with Gasteiger partial charge in [0.25, 0.3) is 5.91 Å². The third-order valence-electron chi connectivity index (χ3n) is 5.34. The van der Waals surface area contributed by atoms with Crippen LogP contribution in [-0.4, -0.2) is 49.6 Å². The van der Waals surface area contributed by atoms with E-state index in [4.69, 9.17) is 0 Å². The molecule has 0 spiro atoms. The zero-order valence-corrected chi connectivity index (χ0v) is 17.1.